The highest BCUT2D eigenvalue weighted by Crippen LogP contribution is 2.31. The molecule has 2 aromatic rings. The predicted molar refractivity (Wildman–Crippen MR) is 84.1 cm³/mol. The summed E-state index contributed by atoms with van der Waals surface area (Å²) in [5, 5.41) is 3.23. The average molecular weight is 338 g/mol. The van der Waals surface area contributed by atoms with E-state index in [1.807, 2.05) is 18.2 Å². The van der Waals surface area contributed by atoms with Crippen LogP contribution in [0.4, 0.5) is 11.4 Å². The van der Waals surface area contributed by atoms with Gasteiger partial charge < -0.3 is 15.8 Å². The first kappa shape index (κ1) is 13.8. The summed E-state index contributed by atoms with van der Waals surface area (Å²) in [6.45, 7) is 0. The standard InChI is InChI=1S/C13H12BrN3OS/c1-18-12-3-2-8(14)6-10(12)17-11-7-16-5-4-9(11)13(15)19/h2-7,17H,1H3,(H2,15,19). The maximum absolute atomic E-state index is 5.69. The molecule has 4 nitrogen and oxygen atoms in total. The summed E-state index contributed by atoms with van der Waals surface area (Å²) in [7, 11) is 1.62. The van der Waals surface area contributed by atoms with E-state index >= 15 is 0 Å². The number of nitrogens with two attached hydrogens (primary N) is 1. The lowest BCUT2D eigenvalue weighted by Crippen LogP contribution is -2.12. The van der Waals surface area contributed by atoms with Crippen LogP contribution in [0.15, 0.2) is 41.1 Å². The molecule has 0 saturated heterocycles. The molecule has 0 amide bonds. The Morgan fingerprint density at radius 1 is 1.37 bits per heavy atom. The topological polar surface area (TPSA) is 60.2 Å². The van der Waals surface area contributed by atoms with E-state index in [0.717, 1.165) is 27.2 Å². The molecule has 1 aromatic carbocycles. The summed E-state index contributed by atoms with van der Waals surface area (Å²) in [4.78, 5) is 4.39. The number of anilines is 2. The smallest absolute Gasteiger partial charge is 0.142 e. The molecule has 0 radical (unpaired) electrons. The van der Waals surface area contributed by atoms with Crippen LogP contribution in [0.25, 0.3) is 0 Å². The molecule has 0 spiro atoms. The van der Waals surface area contributed by atoms with Crippen molar-refractivity contribution in [3.63, 3.8) is 0 Å². The number of thiocarbonyl (C=S) groups is 1. The maximum Gasteiger partial charge on any atom is 0.142 e. The highest BCUT2D eigenvalue weighted by atomic mass is 79.9. The van der Waals surface area contributed by atoms with Crippen molar-refractivity contribution in [3.05, 3.63) is 46.7 Å². The number of hydrogen-bond donors (Lipinski definition) is 2. The van der Waals surface area contributed by atoms with E-state index in [0.29, 0.717) is 4.99 Å². The SMILES string of the molecule is COc1ccc(Br)cc1Nc1cnccc1C(N)=S. The van der Waals surface area contributed by atoms with Gasteiger partial charge in [0.1, 0.15) is 10.7 Å². The molecular formula is C13H12BrN3OS. The lowest BCUT2D eigenvalue weighted by molar-refractivity contribution is 0.417. The molecule has 2 rings (SSSR count). The second-order valence-corrected chi connectivity index (χ2v) is 5.11. The largest absolute Gasteiger partial charge is 0.495 e. The number of nitrogens with zero attached hydrogens (tertiary/aromatic N) is 1. The molecular weight excluding hydrogens is 326 g/mol. The monoisotopic (exact) mass is 337 g/mol. The zero-order chi connectivity index (χ0) is 13.8. The normalized spacial score (nSPS) is 10.0. The van der Waals surface area contributed by atoms with Crippen molar-refractivity contribution in [1.82, 2.24) is 4.98 Å². The minimum Gasteiger partial charge on any atom is -0.495 e. The van der Waals surface area contributed by atoms with Gasteiger partial charge >= 0.3 is 0 Å². The van der Waals surface area contributed by atoms with Gasteiger partial charge in [-0.25, -0.2) is 0 Å². The molecule has 0 aliphatic carbocycles. The zero-order valence-corrected chi connectivity index (χ0v) is 12.6. The van der Waals surface area contributed by atoms with E-state index in [1.165, 1.54) is 0 Å². The third-order valence-corrected chi connectivity index (χ3v) is 3.23. The molecule has 1 heterocycles. The number of hydrogen-bond acceptors (Lipinski definition) is 4. The predicted octanol–water partition coefficient (Wildman–Crippen LogP) is 3.23. The van der Waals surface area contributed by atoms with Gasteiger partial charge in [-0.2, -0.15) is 0 Å². The Morgan fingerprint density at radius 3 is 2.84 bits per heavy atom. The zero-order valence-electron chi connectivity index (χ0n) is 10.2. The minimum atomic E-state index is 0.318. The number of ether oxygens (including phenoxy) is 1. The fourth-order valence-electron chi connectivity index (χ4n) is 1.63. The van der Waals surface area contributed by atoms with Gasteiger partial charge in [0.15, 0.2) is 0 Å². The fraction of sp³-hybridized carbons (Fsp3) is 0.0769. The number of halogens is 1. The average Bonchev–Trinajstić information content (AvgIpc) is 2.39. The van der Waals surface area contributed by atoms with Crippen LogP contribution in [-0.2, 0) is 0 Å². The van der Waals surface area contributed by atoms with Gasteiger partial charge in [0.25, 0.3) is 0 Å². The van der Waals surface area contributed by atoms with Crippen molar-refractivity contribution in [1.29, 1.82) is 0 Å². The van der Waals surface area contributed by atoms with Gasteiger partial charge in [0.2, 0.25) is 0 Å². The van der Waals surface area contributed by atoms with Crippen molar-refractivity contribution in [2.75, 3.05) is 12.4 Å². The van der Waals surface area contributed by atoms with Crippen molar-refractivity contribution in [2.24, 2.45) is 5.73 Å². The number of rotatable bonds is 4. The van der Waals surface area contributed by atoms with Crippen LogP contribution < -0.4 is 15.8 Å². The Kier molecular flexibility index (Phi) is 4.34. The first-order valence-corrected chi connectivity index (χ1v) is 6.66. The third kappa shape index (κ3) is 3.21. The van der Waals surface area contributed by atoms with Crippen LogP contribution in [0, 0.1) is 0 Å². The molecule has 19 heavy (non-hydrogen) atoms. The third-order valence-electron chi connectivity index (χ3n) is 2.52. The summed E-state index contributed by atoms with van der Waals surface area (Å²) >= 11 is 8.45. The van der Waals surface area contributed by atoms with Crippen molar-refractivity contribution in [3.8, 4) is 5.75 Å². The second kappa shape index (κ2) is 5.99. The van der Waals surface area contributed by atoms with Gasteiger partial charge in [-0.05, 0) is 24.3 Å². The van der Waals surface area contributed by atoms with Crippen LogP contribution in [0.3, 0.4) is 0 Å². The Bertz CT molecular complexity index is 619. The van der Waals surface area contributed by atoms with Gasteiger partial charge in [-0.3, -0.25) is 4.98 Å². The molecule has 98 valence electrons. The number of pyridine rings is 1. The number of nitrogens with one attached hydrogen (secondary N) is 1. The summed E-state index contributed by atoms with van der Waals surface area (Å²) in [6, 6.07) is 7.45. The van der Waals surface area contributed by atoms with Crippen LogP contribution >= 0.6 is 28.1 Å². The van der Waals surface area contributed by atoms with E-state index in [4.69, 9.17) is 22.7 Å². The molecule has 0 aliphatic heterocycles. The van der Waals surface area contributed by atoms with Crippen LogP contribution in [-0.4, -0.2) is 17.1 Å². The molecule has 0 aliphatic rings. The number of aromatic nitrogens is 1. The maximum atomic E-state index is 5.69. The Morgan fingerprint density at radius 2 is 2.16 bits per heavy atom. The highest BCUT2D eigenvalue weighted by Gasteiger charge is 2.09. The van der Waals surface area contributed by atoms with E-state index in [1.54, 1.807) is 25.6 Å². The lowest BCUT2D eigenvalue weighted by Gasteiger charge is -2.13. The summed E-state index contributed by atoms with van der Waals surface area (Å²) in [5.41, 5.74) is 7.98. The van der Waals surface area contributed by atoms with E-state index < -0.39 is 0 Å². The number of methoxy groups -OCH3 is 1. The Balaban J connectivity index is 2.41. The van der Waals surface area contributed by atoms with E-state index in [-0.39, 0.29) is 0 Å². The molecule has 6 heteroatoms. The van der Waals surface area contributed by atoms with Crippen LogP contribution in [0.1, 0.15) is 5.56 Å². The van der Waals surface area contributed by atoms with Gasteiger partial charge in [-0.1, -0.05) is 28.1 Å². The van der Waals surface area contributed by atoms with Crippen molar-refractivity contribution in [2.45, 2.75) is 0 Å². The molecule has 0 unspecified atom stereocenters. The first-order chi connectivity index (χ1) is 9.11. The summed E-state index contributed by atoms with van der Waals surface area (Å²) in [5.74, 6) is 0.723. The van der Waals surface area contributed by atoms with E-state index in [9.17, 15) is 0 Å². The van der Waals surface area contributed by atoms with Gasteiger partial charge in [0, 0.05) is 16.2 Å². The summed E-state index contributed by atoms with van der Waals surface area (Å²) < 4.78 is 6.25. The van der Waals surface area contributed by atoms with Gasteiger partial charge in [0.05, 0.1) is 24.7 Å². The molecule has 0 bridgehead atoms. The molecule has 0 saturated carbocycles. The summed E-state index contributed by atoms with van der Waals surface area (Å²) in [6.07, 6.45) is 3.33. The van der Waals surface area contributed by atoms with E-state index in [2.05, 4.69) is 26.2 Å². The molecule has 0 fully saturated rings. The second-order valence-electron chi connectivity index (χ2n) is 3.76. The lowest BCUT2D eigenvalue weighted by atomic mass is 10.2. The Labute approximate surface area is 125 Å². The van der Waals surface area contributed by atoms with Crippen LogP contribution in [0.5, 0.6) is 5.75 Å². The molecule has 3 N–H and O–H groups in total. The quantitative estimate of drug-likeness (QED) is 0.838. The molecule has 1 aromatic heterocycles. The highest BCUT2D eigenvalue weighted by molar-refractivity contribution is 9.10. The fourth-order valence-corrected chi connectivity index (χ4v) is 2.17. The molecule has 0 atom stereocenters. The number of benzene rings is 1. The van der Waals surface area contributed by atoms with Crippen LogP contribution in [0.2, 0.25) is 0 Å². The van der Waals surface area contributed by atoms with Gasteiger partial charge in [-0.15, -0.1) is 0 Å². The minimum absolute atomic E-state index is 0.318. The Hall–Kier alpha value is -1.66. The first-order valence-electron chi connectivity index (χ1n) is 5.46. The van der Waals surface area contributed by atoms with Crippen molar-refractivity contribution >= 4 is 44.5 Å². The van der Waals surface area contributed by atoms with Crippen molar-refractivity contribution < 1.29 is 4.74 Å².